The second-order valence-corrected chi connectivity index (χ2v) is 10.8. The van der Waals surface area contributed by atoms with Gasteiger partial charge in [0.05, 0.1) is 4.88 Å². The number of rotatable bonds is 7. The monoisotopic (exact) mass is 485 g/mol. The highest BCUT2D eigenvalue weighted by molar-refractivity contribution is 7.21. The third-order valence-electron chi connectivity index (χ3n) is 6.83. The number of carbonyl (C=O) groups is 1. The number of benzene rings is 3. The van der Waals surface area contributed by atoms with E-state index in [1.165, 1.54) is 17.8 Å². The van der Waals surface area contributed by atoms with Crippen LogP contribution in [0.15, 0.2) is 60.7 Å². The number of carbonyl (C=O) groups excluding carboxylic acids is 1. The molecule has 1 aliphatic rings. The van der Waals surface area contributed by atoms with Crippen molar-refractivity contribution in [3.8, 4) is 22.6 Å². The molecular weight excluding hydrogens is 454 g/mol. The number of fused-ring (bicyclic) bond motifs is 1. The summed E-state index contributed by atoms with van der Waals surface area (Å²) in [5, 5.41) is 11.0. The Balaban J connectivity index is 1.44. The van der Waals surface area contributed by atoms with Crippen LogP contribution in [0.1, 0.15) is 39.7 Å². The molecule has 4 nitrogen and oxygen atoms in total. The Hall–Kier alpha value is -3.15. The summed E-state index contributed by atoms with van der Waals surface area (Å²) < 4.78 is 6.91. The highest BCUT2D eigenvalue weighted by Gasteiger charge is 2.23. The average molecular weight is 486 g/mol. The smallest absolute Gasteiger partial charge is 0.203 e. The molecule has 2 heterocycles. The largest absolute Gasteiger partial charge is 0.508 e. The van der Waals surface area contributed by atoms with Crippen LogP contribution < -0.4 is 4.74 Å². The first kappa shape index (κ1) is 23.6. The number of phenols is 1. The zero-order valence-electron chi connectivity index (χ0n) is 20.5. The number of hydrogen-bond donors (Lipinski definition) is 1. The molecule has 1 fully saturated rings. The lowest BCUT2D eigenvalue weighted by Crippen LogP contribution is -2.25. The molecule has 0 unspecified atom stereocenters. The van der Waals surface area contributed by atoms with Gasteiger partial charge in [0, 0.05) is 34.3 Å². The number of thiophene rings is 1. The van der Waals surface area contributed by atoms with Gasteiger partial charge in [-0.25, -0.2) is 0 Å². The van der Waals surface area contributed by atoms with E-state index in [4.69, 9.17) is 4.74 Å². The third-order valence-corrected chi connectivity index (χ3v) is 7.98. The van der Waals surface area contributed by atoms with Gasteiger partial charge in [-0.05, 0) is 74.2 Å². The van der Waals surface area contributed by atoms with Gasteiger partial charge in [0.2, 0.25) is 5.78 Å². The quantitative estimate of drug-likeness (QED) is 0.291. The van der Waals surface area contributed by atoms with Crippen LogP contribution >= 0.6 is 11.3 Å². The molecule has 0 radical (unpaired) electrons. The Bertz CT molecular complexity index is 1370. The van der Waals surface area contributed by atoms with Crippen molar-refractivity contribution in [3.05, 3.63) is 82.2 Å². The van der Waals surface area contributed by atoms with E-state index in [1.807, 2.05) is 62.4 Å². The summed E-state index contributed by atoms with van der Waals surface area (Å²) in [4.78, 5) is 16.8. The standard InChI is InChI=1S/C30H31NO3S/c1-19-4-10-25(21(3)16-19)29(33)30-28(26-11-7-23(32)17-27(26)35-30)22-5-8-24(9-6-22)34-15-14-31-13-12-20(2)18-31/h4-11,16-17,20,32H,12-15,18H2,1-3H3/t20-/m1/s1. The molecule has 1 N–H and O–H groups in total. The van der Waals surface area contributed by atoms with Crippen LogP contribution in [0.3, 0.4) is 0 Å². The molecule has 0 spiro atoms. The fourth-order valence-corrected chi connectivity index (χ4v) is 6.17. The lowest BCUT2D eigenvalue weighted by Gasteiger charge is -2.15. The number of hydrogen-bond acceptors (Lipinski definition) is 5. The Morgan fingerprint density at radius 2 is 1.89 bits per heavy atom. The molecule has 180 valence electrons. The van der Waals surface area contributed by atoms with Gasteiger partial charge in [0.15, 0.2) is 0 Å². The summed E-state index contributed by atoms with van der Waals surface area (Å²) in [6.07, 6.45) is 1.27. The molecule has 1 saturated heterocycles. The second-order valence-electron chi connectivity index (χ2n) is 9.70. The van der Waals surface area contributed by atoms with Crippen molar-refractivity contribution >= 4 is 27.2 Å². The van der Waals surface area contributed by atoms with Crippen LogP contribution in [0, 0.1) is 19.8 Å². The van der Waals surface area contributed by atoms with Crippen LogP contribution in [0.2, 0.25) is 0 Å². The topological polar surface area (TPSA) is 49.8 Å². The molecular formula is C30H31NO3S. The van der Waals surface area contributed by atoms with E-state index >= 15 is 0 Å². The van der Waals surface area contributed by atoms with Crippen molar-refractivity contribution in [2.24, 2.45) is 5.92 Å². The number of phenolic OH excluding ortho intramolecular Hbond substituents is 1. The van der Waals surface area contributed by atoms with Gasteiger partial charge in [-0.15, -0.1) is 11.3 Å². The number of ether oxygens (including phenoxy) is 1. The molecule has 4 aromatic rings. The van der Waals surface area contributed by atoms with E-state index in [9.17, 15) is 9.90 Å². The summed E-state index contributed by atoms with van der Waals surface area (Å²) in [6.45, 7) is 10.2. The Labute approximate surface area is 210 Å². The average Bonchev–Trinajstić information content (AvgIpc) is 3.42. The van der Waals surface area contributed by atoms with Crippen molar-refractivity contribution < 1.29 is 14.6 Å². The van der Waals surface area contributed by atoms with Crippen LogP contribution in [0.5, 0.6) is 11.5 Å². The number of aromatic hydroxyl groups is 1. The van der Waals surface area contributed by atoms with Gasteiger partial charge in [0.1, 0.15) is 18.1 Å². The maximum atomic E-state index is 13.7. The lowest BCUT2D eigenvalue weighted by molar-refractivity contribution is 0.104. The number of aryl methyl sites for hydroxylation is 2. The zero-order chi connectivity index (χ0) is 24.5. The molecule has 1 aromatic heterocycles. The summed E-state index contributed by atoms with van der Waals surface area (Å²) in [7, 11) is 0. The van der Waals surface area contributed by atoms with Crippen LogP contribution in [-0.4, -0.2) is 42.0 Å². The highest BCUT2D eigenvalue weighted by atomic mass is 32.1. The predicted molar refractivity (Wildman–Crippen MR) is 144 cm³/mol. The van der Waals surface area contributed by atoms with Crippen molar-refractivity contribution in [2.45, 2.75) is 27.2 Å². The second kappa shape index (κ2) is 9.84. The third kappa shape index (κ3) is 4.97. The normalized spacial score (nSPS) is 16.1. The SMILES string of the molecule is Cc1ccc(C(=O)c2sc3cc(O)ccc3c2-c2ccc(OCCN3CC[C@@H](C)C3)cc2)c(C)c1. The van der Waals surface area contributed by atoms with Crippen LogP contribution in [0.25, 0.3) is 21.2 Å². The first-order chi connectivity index (χ1) is 16.9. The number of ketones is 1. The molecule has 3 aromatic carbocycles. The molecule has 0 bridgehead atoms. The molecule has 1 aliphatic heterocycles. The van der Waals surface area contributed by atoms with E-state index in [-0.39, 0.29) is 11.5 Å². The maximum Gasteiger partial charge on any atom is 0.203 e. The van der Waals surface area contributed by atoms with Crippen molar-refractivity contribution in [3.63, 3.8) is 0 Å². The summed E-state index contributed by atoms with van der Waals surface area (Å²) in [5.41, 5.74) is 4.69. The van der Waals surface area contributed by atoms with E-state index < -0.39 is 0 Å². The van der Waals surface area contributed by atoms with E-state index in [0.29, 0.717) is 17.0 Å². The summed E-state index contributed by atoms with van der Waals surface area (Å²) in [5.74, 6) is 1.82. The molecule has 35 heavy (non-hydrogen) atoms. The van der Waals surface area contributed by atoms with Crippen molar-refractivity contribution in [1.82, 2.24) is 4.90 Å². The molecule has 0 aliphatic carbocycles. The Morgan fingerprint density at radius 1 is 1.09 bits per heavy atom. The van der Waals surface area contributed by atoms with Crippen molar-refractivity contribution in [1.29, 1.82) is 0 Å². The van der Waals surface area contributed by atoms with E-state index in [0.717, 1.165) is 63.6 Å². The summed E-state index contributed by atoms with van der Waals surface area (Å²) in [6, 6.07) is 19.3. The number of nitrogens with zero attached hydrogens (tertiary/aromatic N) is 1. The lowest BCUT2D eigenvalue weighted by atomic mass is 9.95. The van der Waals surface area contributed by atoms with Gasteiger partial charge < -0.3 is 9.84 Å². The summed E-state index contributed by atoms with van der Waals surface area (Å²) >= 11 is 1.43. The van der Waals surface area contributed by atoms with E-state index in [1.54, 1.807) is 12.1 Å². The first-order valence-electron chi connectivity index (χ1n) is 12.2. The minimum Gasteiger partial charge on any atom is -0.508 e. The van der Waals surface area contributed by atoms with Crippen LogP contribution in [-0.2, 0) is 0 Å². The fraction of sp³-hybridized carbons (Fsp3) is 0.300. The van der Waals surface area contributed by atoms with E-state index in [2.05, 4.69) is 11.8 Å². The molecule has 1 atom stereocenters. The van der Waals surface area contributed by atoms with Crippen LogP contribution in [0.4, 0.5) is 0 Å². The minimum atomic E-state index is 0.0124. The number of likely N-dealkylation sites (tertiary alicyclic amines) is 1. The predicted octanol–water partition coefficient (Wildman–Crippen LogP) is 6.84. The van der Waals surface area contributed by atoms with Gasteiger partial charge >= 0.3 is 0 Å². The Kier molecular flexibility index (Phi) is 6.63. The van der Waals surface area contributed by atoms with Gasteiger partial charge in [-0.2, -0.15) is 0 Å². The first-order valence-corrected chi connectivity index (χ1v) is 13.0. The fourth-order valence-electron chi connectivity index (χ4n) is 4.96. The zero-order valence-corrected chi connectivity index (χ0v) is 21.3. The molecule has 5 heteroatoms. The van der Waals surface area contributed by atoms with Gasteiger partial charge in [-0.1, -0.05) is 42.8 Å². The molecule has 5 rings (SSSR count). The molecule has 0 saturated carbocycles. The Morgan fingerprint density at radius 3 is 2.60 bits per heavy atom. The van der Waals surface area contributed by atoms with Gasteiger partial charge in [-0.3, -0.25) is 9.69 Å². The van der Waals surface area contributed by atoms with Crippen molar-refractivity contribution in [2.75, 3.05) is 26.2 Å². The highest BCUT2D eigenvalue weighted by Crippen LogP contribution is 2.42. The molecule has 0 amide bonds. The van der Waals surface area contributed by atoms with Gasteiger partial charge in [0.25, 0.3) is 0 Å². The maximum absolute atomic E-state index is 13.7. The minimum absolute atomic E-state index is 0.0124.